The first kappa shape index (κ1) is 27.5. The number of amides is 1. The fraction of sp³-hybridized carbons (Fsp3) is 0.429. The van der Waals surface area contributed by atoms with E-state index in [1.165, 1.54) is 6.26 Å². The number of para-hydroxylation sites is 1. The largest absolute Gasteiger partial charge is 0.490 e. The second-order valence-electron chi connectivity index (χ2n) is 6.45. The summed E-state index contributed by atoms with van der Waals surface area (Å²) in [4.78, 5) is 16.1. The van der Waals surface area contributed by atoms with Crippen LogP contribution in [-0.2, 0) is 6.54 Å². The lowest BCUT2D eigenvalue weighted by Gasteiger charge is -2.17. The molecule has 2 aromatic rings. The molecule has 3 N–H and O–H groups in total. The molecule has 0 spiro atoms. The lowest BCUT2D eigenvalue weighted by atomic mass is 10.2. The zero-order chi connectivity index (χ0) is 22.6. The molecule has 0 saturated heterocycles. The van der Waals surface area contributed by atoms with Crippen LogP contribution in [0, 0.1) is 6.92 Å². The van der Waals surface area contributed by atoms with Crippen LogP contribution in [0.15, 0.2) is 39.9 Å². The molecule has 0 saturated carbocycles. The van der Waals surface area contributed by atoms with Gasteiger partial charge in [-0.15, -0.1) is 24.0 Å². The van der Waals surface area contributed by atoms with Crippen molar-refractivity contribution in [2.45, 2.75) is 33.4 Å². The van der Waals surface area contributed by atoms with Gasteiger partial charge in [-0.3, -0.25) is 9.79 Å². The van der Waals surface area contributed by atoms with Crippen molar-refractivity contribution in [3.8, 4) is 11.5 Å². The Morgan fingerprint density at radius 2 is 1.94 bits per heavy atom. The fourth-order valence-corrected chi connectivity index (χ4v) is 2.77. The maximum Gasteiger partial charge on any atom is 0.387 e. The summed E-state index contributed by atoms with van der Waals surface area (Å²) in [5, 5.41) is 8.94. The topological polar surface area (TPSA) is 97.1 Å². The fourth-order valence-electron chi connectivity index (χ4n) is 2.77. The number of guanidine groups is 1. The molecule has 1 amide bonds. The highest BCUT2D eigenvalue weighted by atomic mass is 127. The molecule has 1 aromatic carbocycles. The molecule has 11 heteroatoms. The number of carbonyl (C=O) groups excluding carboxylic acids is 1. The number of aryl methyl sites for hydroxylation is 1. The summed E-state index contributed by atoms with van der Waals surface area (Å²) in [6.07, 6.45) is 2.12. The van der Waals surface area contributed by atoms with Crippen LogP contribution in [0.1, 0.15) is 35.0 Å². The lowest BCUT2D eigenvalue weighted by molar-refractivity contribution is -0.0520. The highest BCUT2D eigenvalue weighted by Crippen LogP contribution is 2.32. The van der Waals surface area contributed by atoms with Gasteiger partial charge in [-0.1, -0.05) is 12.1 Å². The maximum absolute atomic E-state index is 12.8. The lowest BCUT2D eigenvalue weighted by Crippen LogP contribution is -2.38. The van der Waals surface area contributed by atoms with Crippen molar-refractivity contribution in [3.05, 3.63) is 47.4 Å². The van der Waals surface area contributed by atoms with Gasteiger partial charge in [0.25, 0.3) is 5.91 Å². The molecule has 0 unspecified atom stereocenters. The number of alkyl halides is 2. The minimum atomic E-state index is -2.96. The molecule has 0 radical (unpaired) electrons. The zero-order valence-corrected chi connectivity index (χ0v) is 20.6. The van der Waals surface area contributed by atoms with E-state index in [1.807, 2.05) is 0 Å². The summed E-state index contributed by atoms with van der Waals surface area (Å²) in [6.45, 7) is 2.13. The first-order valence-corrected chi connectivity index (χ1v) is 9.92. The number of ether oxygens (including phenoxy) is 2. The van der Waals surface area contributed by atoms with Gasteiger partial charge < -0.3 is 29.8 Å². The molecule has 0 aliphatic heterocycles. The van der Waals surface area contributed by atoms with E-state index in [1.54, 1.807) is 45.2 Å². The number of hydrogen-bond acceptors (Lipinski definition) is 5. The van der Waals surface area contributed by atoms with Crippen LogP contribution in [0.4, 0.5) is 8.78 Å². The van der Waals surface area contributed by atoms with Crippen LogP contribution in [0.2, 0.25) is 0 Å². The molecular weight excluding hydrogens is 537 g/mol. The summed E-state index contributed by atoms with van der Waals surface area (Å²) < 4.78 is 40.8. The summed E-state index contributed by atoms with van der Waals surface area (Å²) in [5.41, 5.74) is 1.29. The molecule has 0 aliphatic carbocycles. The summed E-state index contributed by atoms with van der Waals surface area (Å²) in [7, 11) is 1.60. The van der Waals surface area contributed by atoms with Gasteiger partial charge in [0.05, 0.1) is 12.9 Å². The molecule has 32 heavy (non-hydrogen) atoms. The molecule has 1 aromatic heterocycles. The minimum Gasteiger partial charge on any atom is -0.490 e. The van der Waals surface area contributed by atoms with Crippen LogP contribution >= 0.6 is 24.0 Å². The predicted octanol–water partition coefficient (Wildman–Crippen LogP) is 3.69. The van der Waals surface area contributed by atoms with Crippen molar-refractivity contribution in [1.29, 1.82) is 0 Å². The van der Waals surface area contributed by atoms with Gasteiger partial charge in [0.1, 0.15) is 0 Å². The van der Waals surface area contributed by atoms with E-state index in [4.69, 9.17) is 9.15 Å². The van der Waals surface area contributed by atoms with E-state index in [0.29, 0.717) is 43.4 Å². The number of rotatable bonds is 11. The third kappa shape index (κ3) is 8.52. The van der Waals surface area contributed by atoms with Crippen LogP contribution < -0.4 is 25.4 Å². The summed E-state index contributed by atoms with van der Waals surface area (Å²) in [6, 6.07) is 6.69. The Kier molecular flexibility index (Phi) is 12.4. The van der Waals surface area contributed by atoms with Crippen LogP contribution in [0.3, 0.4) is 0 Å². The second-order valence-corrected chi connectivity index (χ2v) is 6.45. The van der Waals surface area contributed by atoms with E-state index in [-0.39, 0.29) is 47.9 Å². The Hall–Kier alpha value is -2.57. The first-order valence-electron chi connectivity index (χ1n) is 9.92. The molecule has 2 rings (SSSR count). The third-order valence-corrected chi connectivity index (χ3v) is 4.24. The number of nitrogens with one attached hydrogen (secondary N) is 3. The normalized spacial score (nSPS) is 11.0. The Balaban J connectivity index is 0.00000512. The van der Waals surface area contributed by atoms with Gasteiger partial charge in [0, 0.05) is 37.8 Å². The number of hydrogen-bond donors (Lipinski definition) is 3. The number of aliphatic imine (C=N–C) groups is 1. The smallest absolute Gasteiger partial charge is 0.387 e. The standard InChI is InChI=1S/C21H28F2N4O4.HI/c1-4-29-16-8-5-7-15(18(16)31-20(22)23)13-27-21(24-3)26-11-6-10-25-19(28)17-14(2)9-12-30-17;/h5,7-9,12,20H,4,6,10-11,13H2,1-3H3,(H,25,28)(H2,24,26,27);1H. The molecule has 0 aliphatic rings. The van der Waals surface area contributed by atoms with E-state index in [0.717, 1.165) is 5.56 Å². The molecule has 178 valence electrons. The highest BCUT2D eigenvalue weighted by molar-refractivity contribution is 14.0. The van der Waals surface area contributed by atoms with Gasteiger partial charge in [-0.25, -0.2) is 0 Å². The zero-order valence-electron chi connectivity index (χ0n) is 18.2. The van der Waals surface area contributed by atoms with Gasteiger partial charge in [0.2, 0.25) is 0 Å². The van der Waals surface area contributed by atoms with E-state index in [2.05, 4.69) is 25.7 Å². The molecule has 1 heterocycles. The monoisotopic (exact) mass is 566 g/mol. The summed E-state index contributed by atoms with van der Waals surface area (Å²) >= 11 is 0. The minimum absolute atomic E-state index is 0. The van der Waals surface area contributed by atoms with Crippen molar-refractivity contribution in [2.75, 3.05) is 26.7 Å². The Bertz CT molecular complexity index is 877. The molecular formula is C21H29F2IN4O4. The van der Waals surface area contributed by atoms with Crippen LogP contribution in [0.5, 0.6) is 11.5 Å². The number of benzene rings is 1. The number of halogens is 3. The van der Waals surface area contributed by atoms with Gasteiger partial charge in [0.15, 0.2) is 23.2 Å². The Labute approximate surface area is 203 Å². The van der Waals surface area contributed by atoms with E-state index >= 15 is 0 Å². The highest BCUT2D eigenvalue weighted by Gasteiger charge is 2.16. The van der Waals surface area contributed by atoms with Gasteiger partial charge >= 0.3 is 6.61 Å². The Morgan fingerprint density at radius 1 is 1.19 bits per heavy atom. The average Bonchev–Trinajstić information content (AvgIpc) is 3.17. The molecule has 0 atom stereocenters. The Morgan fingerprint density at radius 3 is 2.56 bits per heavy atom. The predicted molar refractivity (Wildman–Crippen MR) is 128 cm³/mol. The van der Waals surface area contributed by atoms with Gasteiger partial charge in [-0.05, 0) is 32.4 Å². The number of furan rings is 1. The van der Waals surface area contributed by atoms with Crippen molar-refractivity contribution < 1.29 is 27.5 Å². The molecule has 8 nitrogen and oxygen atoms in total. The van der Waals surface area contributed by atoms with E-state index < -0.39 is 6.61 Å². The van der Waals surface area contributed by atoms with Gasteiger partial charge in [-0.2, -0.15) is 8.78 Å². The number of carbonyl (C=O) groups is 1. The van der Waals surface area contributed by atoms with Crippen molar-refractivity contribution in [2.24, 2.45) is 4.99 Å². The third-order valence-electron chi connectivity index (χ3n) is 4.24. The van der Waals surface area contributed by atoms with Crippen LogP contribution in [0.25, 0.3) is 0 Å². The SMILES string of the molecule is CCOc1cccc(CNC(=NC)NCCCNC(=O)c2occc2C)c1OC(F)F.I. The quantitative estimate of drug-likeness (QED) is 0.166. The second kappa shape index (κ2) is 14.5. The first-order chi connectivity index (χ1) is 15.0. The molecule has 0 bridgehead atoms. The van der Waals surface area contributed by atoms with Crippen molar-refractivity contribution in [3.63, 3.8) is 0 Å². The maximum atomic E-state index is 12.8. The molecule has 0 fully saturated rings. The van der Waals surface area contributed by atoms with Crippen molar-refractivity contribution >= 4 is 35.8 Å². The van der Waals surface area contributed by atoms with E-state index in [9.17, 15) is 13.6 Å². The average molecular weight is 566 g/mol. The van der Waals surface area contributed by atoms with Crippen LogP contribution in [-0.4, -0.2) is 45.2 Å². The summed E-state index contributed by atoms with van der Waals surface area (Å²) in [5.74, 6) is 0.788. The van der Waals surface area contributed by atoms with Crippen molar-refractivity contribution in [1.82, 2.24) is 16.0 Å². The number of nitrogens with zero attached hydrogens (tertiary/aromatic N) is 1.